The summed E-state index contributed by atoms with van der Waals surface area (Å²) in [5.41, 5.74) is 0.278. The van der Waals surface area contributed by atoms with Crippen molar-refractivity contribution in [1.82, 2.24) is 4.90 Å². The van der Waals surface area contributed by atoms with Crippen molar-refractivity contribution in [2.75, 3.05) is 7.05 Å². The smallest absolute Gasteiger partial charge is 0.284 e. The monoisotopic (exact) mass is 340 g/mol. The predicted octanol–water partition coefficient (Wildman–Crippen LogP) is 3.76. The fourth-order valence-corrected chi connectivity index (χ4v) is 3.23. The number of benzene rings is 1. The maximum absolute atomic E-state index is 12.5. The summed E-state index contributed by atoms with van der Waals surface area (Å²) in [5, 5.41) is 10.9. The van der Waals surface area contributed by atoms with Gasteiger partial charge in [0, 0.05) is 19.2 Å². The van der Waals surface area contributed by atoms with E-state index in [1.807, 2.05) is 0 Å². The van der Waals surface area contributed by atoms with E-state index in [1.165, 1.54) is 12.5 Å². The molecule has 0 saturated heterocycles. The molecule has 5 nitrogen and oxygen atoms in total. The molecule has 1 aromatic carbocycles. The van der Waals surface area contributed by atoms with Crippen LogP contribution in [-0.4, -0.2) is 28.8 Å². The Bertz CT molecular complexity index is 527. The molecule has 1 aliphatic rings. The maximum Gasteiger partial charge on any atom is 0.284 e. The summed E-state index contributed by atoms with van der Waals surface area (Å²) in [6, 6.07) is 4.80. The Morgan fingerprint density at radius 1 is 1.35 bits per heavy atom. The highest BCUT2D eigenvalue weighted by molar-refractivity contribution is 9.10. The summed E-state index contributed by atoms with van der Waals surface area (Å²) in [4.78, 5) is 24.7. The van der Waals surface area contributed by atoms with Gasteiger partial charge < -0.3 is 4.90 Å². The molecule has 1 aromatic rings. The summed E-state index contributed by atoms with van der Waals surface area (Å²) in [5.74, 6) is -0.160. The van der Waals surface area contributed by atoms with Gasteiger partial charge in [-0.05, 0) is 34.8 Å². The predicted molar refractivity (Wildman–Crippen MR) is 79.8 cm³/mol. The van der Waals surface area contributed by atoms with Crippen LogP contribution >= 0.6 is 15.9 Å². The van der Waals surface area contributed by atoms with E-state index in [-0.39, 0.29) is 22.1 Å². The van der Waals surface area contributed by atoms with Gasteiger partial charge in [0.05, 0.1) is 10.5 Å². The first kappa shape index (κ1) is 15.0. The van der Waals surface area contributed by atoms with E-state index in [0.717, 1.165) is 25.7 Å². The van der Waals surface area contributed by atoms with Gasteiger partial charge in [0.15, 0.2) is 0 Å². The van der Waals surface area contributed by atoms with Gasteiger partial charge in [0.1, 0.15) is 4.47 Å². The van der Waals surface area contributed by atoms with Crippen LogP contribution in [0, 0.1) is 10.1 Å². The quantitative estimate of drug-likeness (QED) is 0.621. The highest BCUT2D eigenvalue weighted by Gasteiger charge is 2.26. The van der Waals surface area contributed by atoms with Gasteiger partial charge in [-0.1, -0.05) is 25.3 Å². The number of halogens is 1. The number of hydrogen-bond donors (Lipinski definition) is 0. The molecule has 0 bridgehead atoms. The topological polar surface area (TPSA) is 63.5 Å². The number of nitrogens with zero attached hydrogens (tertiary/aromatic N) is 2. The molecule has 6 heteroatoms. The lowest BCUT2D eigenvalue weighted by molar-refractivity contribution is -0.385. The molecule has 1 amide bonds. The molecule has 2 rings (SSSR count). The highest BCUT2D eigenvalue weighted by atomic mass is 79.9. The lowest BCUT2D eigenvalue weighted by Gasteiger charge is -2.31. The number of rotatable bonds is 3. The molecule has 108 valence electrons. The Kier molecular flexibility index (Phi) is 4.75. The average molecular weight is 341 g/mol. The maximum atomic E-state index is 12.5. The lowest BCUT2D eigenvalue weighted by atomic mass is 9.94. The first-order chi connectivity index (χ1) is 9.52. The molecule has 0 N–H and O–H groups in total. The second-order valence-corrected chi connectivity index (χ2v) is 5.90. The Labute approximate surface area is 126 Å². The molecule has 0 atom stereocenters. The SMILES string of the molecule is CN(C(=O)c1cccc([N+](=O)[O-])c1Br)C1CCCCC1. The third-order valence-corrected chi connectivity index (χ3v) is 4.68. The van der Waals surface area contributed by atoms with Crippen molar-refractivity contribution in [2.24, 2.45) is 0 Å². The minimum atomic E-state index is -0.485. The summed E-state index contributed by atoms with van der Waals surface area (Å²) < 4.78 is 0.262. The van der Waals surface area contributed by atoms with Crippen LogP contribution < -0.4 is 0 Å². The van der Waals surface area contributed by atoms with Crippen molar-refractivity contribution < 1.29 is 9.72 Å². The summed E-state index contributed by atoms with van der Waals surface area (Å²) >= 11 is 3.19. The van der Waals surface area contributed by atoms with Crippen LogP contribution in [0.25, 0.3) is 0 Å². The molecule has 0 aliphatic heterocycles. The van der Waals surface area contributed by atoms with Crippen LogP contribution in [0.4, 0.5) is 5.69 Å². The standard InChI is InChI=1S/C14H17BrN2O3/c1-16(10-6-3-2-4-7-10)14(18)11-8-5-9-12(13(11)15)17(19)20/h5,8-10H,2-4,6-7H2,1H3. The van der Waals surface area contributed by atoms with Gasteiger partial charge >= 0.3 is 0 Å². The van der Waals surface area contributed by atoms with Crippen LogP contribution in [0.2, 0.25) is 0 Å². The zero-order chi connectivity index (χ0) is 14.7. The van der Waals surface area contributed by atoms with E-state index in [9.17, 15) is 14.9 Å². The van der Waals surface area contributed by atoms with E-state index in [4.69, 9.17) is 0 Å². The third kappa shape index (κ3) is 3.00. The number of hydrogen-bond acceptors (Lipinski definition) is 3. The van der Waals surface area contributed by atoms with Crippen LogP contribution in [0.5, 0.6) is 0 Å². The minimum absolute atomic E-state index is 0.0760. The minimum Gasteiger partial charge on any atom is -0.339 e. The van der Waals surface area contributed by atoms with Crippen molar-refractivity contribution in [3.63, 3.8) is 0 Å². The molecule has 1 saturated carbocycles. The largest absolute Gasteiger partial charge is 0.339 e. The van der Waals surface area contributed by atoms with Crippen molar-refractivity contribution in [3.05, 3.63) is 38.3 Å². The average Bonchev–Trinajstić information content (AvgIpc) is 2.46. The van der Waals surface area contributed by atoms with Gasteiger partial charge in [-0.2, -0.15) is 0 Å². The molecule has 1 fully saturated rings. The van der Waals surface area contributed by atoms with Crippen LogP contribution in [0.1, 0.15) is 42.5 Å². The van der Waals surface area contributed by atoms with Gasteiger partial charge in [0.25, 0.3) is 11.6 Å². The number of carbonyl (C=O) groups is 1. The molecular formula is C14H17BrN2O3. The summed E-state index contributed by atoms with van der Waals surface area (Å²) in [7, 11) is 1.78. The highest BCUT2D eigenvalue weighted by Crippen LogP contribution is 2.30. The van der Waals surface area contributed by atoms with Gasteiger partial charge in [-0.25, -0.2) is 0 Å². The number of nitro benzene ring substituents is 1. The zero-order valence-corrected chi connectivity index (χ0v) is 12.9. The molecule has 0 aromatic heterocycles. The zero-order valence-electron chi connectivity index (χ0n) is 11.3. The second kappa shape index (κ2) is 6.35. The van der Waals surface area contributed by atoms with Crippen molar-refractivity contribution in [2.45, 2.75) is 38.1 Å². The first-order valence-corrected chi connectivity index (χ1v) is 7.51. The fourth-order valence-electron chi connectivity index (χ4n) is 2.65. The second-order valence-electron chi connectivity index (χ2n) is 5.10. The van der Waals surface area contributed by atoms with Gasteiger partial charge in [-0.15, -0.1) is 0 Å². The lowest BCUT2D eigenvalue weighted by Crippen LogP contribution is -2.38. The molecular weight excluding hydrogens is 324 g/mol. The Morgan fingerprint density at radius 2 is 2.00 bits per heavy atom. The first-order valence-electron chi connectivity index (χ1n) is 6.72. The Morgan fingerprint density at radius 3 is 2.60 bits per heavy atom. The molecule has 0 spiro atoms. The van der Waals surface area contributed by atoms with Crippen LogP contribution in [-0.2, 0) is 0 Å². The number of carbonyl (C=O) groups excluding carboxylic acids is 1. The summed E-state index contributed by atoms with van der Waals surface area (Å²) in [6.07, 6.45) is 5.51. The molecule has 0 radical (unpaired) electrons. The van der Waals surface area contributed by atoms with Crippen molar-refractivity contribution >= 4 is 27.5 Å². The van der Waals surface area contributed by atoms with Crippen molar-refractivity contribution in [3.8, 4) is 0 Å². The molecule has 20 heavy (non-hydrogen) atoms. The third-order valence-electron chi connectivity index (χ3n) is 3.85. The summed E-state index contributed by atoms with van der Waals surface area (Å²) in [6.45, 7) is 0. The van der Waals surface area contributed by atoms with Crippen LogP contribution in [0.3, 0.4) is 0 Å². The Balaban J connectivity index is 2.24. The van der Waals surface area contributed by atoms with Gasteiger partial charge in [0.2, 0.25) is 0 Å². The number of nitro groups is 1. The number of amides is 1. The Hall–Kier alpha value is -1.43. The van der Waals surface area contributed by atoms with E-state index in [1.54, 1.807) is 24.1 Å². The fraction of sp³-hybridized carbons (Fsp3) is 0.500. The molecule has 0 heterocycles. The molecule has 1 aliphatic carbocycles. The molecule has 0 unspecified atom stereocenters. The van der Waals surface area contributed by atoms with Crippen LogP contribution in [0.15, 0.2) is 22.7 Å². The van der Waals surface area contributed by atoms with Crippen molar-refractivity contribution in [1.29, 1.82) is 0 Å². The van der Waals surface area contributed by atoms with E-state index in [0.29, 0.717) is 5.56 Å². The van der Waals surface area contributed by atoms with E-state index < -0.39 is 4.92 Å². The van der Waals surface area contributed by atoms with Gasteiger partial charge in [-0.3, -0.25) is 14.9 Å². The van der Waals surface area contributed by atoms with E-state index >= 15 is 0 Å². The normalized spacial score (nSPS) is 15.9. The van der Waals surface area contributed by atoms with E-state index in [2.05, 4.69) is 15.9 Å².